The third-order valence-electron chi connectivity index (χ3n) is 2.44. The second-order valence-corrected chi connectivity index (χ2v) is 4.84. The number of ether oxygens (including phenoxy) is 1. The van der Waals surface area contributed by atoms with Crippen molar-refractivity contribution in [1.82, 2.24) is 4.68 Å². The standard InChI is InChI=1S/C13H14Cl2N2O2/c14-10-3-4-13(12(15)7-10)19-9-11(18)8-16-17-5-1-2-6-17/h1-7,11,16,18H,8-9H2. The number of aliphatic hydroxyl groups excluding tert-OH is 1. The minimum Gasteiger partial charge on any atom is -0.489 e. The van der Waals surface area contributed by atoms with E-state index in [0.717, 1.165) is 0 Å². The highest BCUT2D eigenvalue weighted by Crippen LogP contribution is 2.27. The van der Waals surface area contributed by atoms with Gasteiger partial charge in [0.15, 0.2) is 0 Å². The van der Waals surface area contributed by atoms with Crippen LogP contribution in [0.15, 0.2) is 42.7 Å². The number of aliphatic hydroxyl groups is 1. The number of aromatic nitrogens is 1. The molecule has 1 unspecified atom stereocenters. The Hall–Kier alpha value is -1.36. The summed E-state index contributed by atoms with van der Waals surface area (Å²) >= 11 is 11.7. The molecule has 1 heterocycles. The Labute approximate surface area is 121 Å². The maximum Gasteiger partial charge on any atom is 0.138 e. The molecule has 0 saturated heterocycles. The summed E-state index contributed by atoms with van der Waals surface area (Å²) in [5.41, 5.74) is 3.02. The molecule has 2 rings (SSSR count). The average molecular weight is 301 g/mol. The van der Waals surface area contributed by atoms with Gasteiger partial charge in [0.2, 0.25) is 0 Å². The molecule has 6 heteroatoms. The molecule has 1 aromatic carbocycles. The van der Waals surface area contributed by atoms with Crippen molar-refractivity contribution in [2.24, 2.45) is 0 Å². The zero-order valence-corrected chi connectivity index (χ0v) is 11.6. The molecule has 0 radical (unpaired) electrons. The Bertz CT molecular complexity index is 517. The Morgan fingerprint density at radius 2 is 2.00 bits per heavy atom. The number of benzene rings is 1. The summed E-state index contributed by atoms with van der Waals surface area (Å²) in [4.78, 5) is 0. The van der Waals surface area contributed by atoms with Crippen LogP contribution in [0.5, 0.6) is 5.75 Å². The molecule has 0 saturated carbocycles. The van der Waals surface area contributed by atoms with Gasteiger partial charge in [-0.3, -0.25) is 4.68 Å². The van der Waals surface area contributed by atoms with Crippen LogP contribution in [0.2, 0.25) is 10.0 Å². The van der Waals surface area contributed by atoms with Crippen molar-refractivity contribution in [1.29, 1.82) is 0 Å². The minimum atomic E-state index is -0.644. The Morgan fingerprint density at radius 3 is 2.68 bits per heavy atom. The van der Waals surface area contributed by atoms with Gasteiger partial charge in [0.1, 0.15) is 18.5 Å². The molecule has 2 aromatic rings. The Balaban J connectivity index is 1.78. The van der Waals surface area contributed by atoms with E-state index in [9.17, 15) is 5.11 Å². The van der Waals surface area contributed by atoms with Gasteiger partial charge in [-0.1, -0.05) is 23.2 Å². The van der Waals surface area contributed by atoms with Crippen LogP contribution in [0, 0.1) is 0 Å². The molecule has 0 aliphatic carbocycles. The maximum absolute atomic E-state index is 9.78. The zero-order chi connectivity index (χ0) is 13.7. The number of halogens is 2. The molecule has 19 heavy (non-hydrogen) atoms. The van der Waals surface area contributed by atoms with E-state index in [1.165, 1.54) is 0 Å². The zero-order valence-electron chi connectivity index (χ0n) is 10.1. The van der Waals surface area contributed by atoms with Crippen LogP contribution in [-0.2, 0) is 0 Å². The van der Waals surface area contributed by atoms with Crippen LogP contribution in [0.4, 0.5) is 0 Å². The van der Waals surface area contributed by atoms with Crippen LogP contribution >= 0.6 is 23.2 Å². The summed E-state index contributed by atoms with van der Waals surface area (Å²) in [5.74, 6) is 0.506. The SMILES string of the molecule is OC(CNn1cccc1)COc1ccc(Cl)cc1Cl. The maximum atomic E-state index is 9.78. The normalized spacial score (nSPS) is 12.2. The summed E-state index contributed by atoms with van der Waals surface area (Å²) in [7, 11) is 0. The van der Waals surface area contributed by atoms with Crippen LogP contribution in [0.25, 0.3) is 0 Å². The quantitative estimate of drug-likeness (QED) is 0.862. The number of nitrogens with one attached hydrogen (secondary N) is 1. The fourth-order valence-corrected chi connectivity index (χ4v) is 1.95. The van der Waals surface area contributed by atoms with E-state index >= 15 is 0 Å². The van der Waals surface area contributed by atoms with Gasteiger partial charge in [-0.15, -0.1) is 0 Å². The fourth-order valence-electron chi connectivity index (χ4n) is 1.49. The molecular weight excluding hydrogens is 287 g/mol. The minimum absolute atomic E-state index is 0.148. The molecule has 1 atom stereocenters. The smallest absolute Gasteiger partial charge is 0.138 e. The fraction of sp³-hybridized carbons (Fsp3) is 0.231. The number of hydrogen-bond acceptors (Lipinski definition) is 3. The van der Waals surface area contributed by atoms with E-state index in [2.05, 4.69) is 5.43 Å². The van der Waals surface area contributed by atoms with Crippen LogP contribution in [0.1, 0.15) is 0 Å². The highest BCUT2D eigenvalue weighted by atomic mass is 35.5. The largest absolute Gasteiger partial charge is 0.489 e. The average Bonchev–Trinajstić information content (AvgIpc) is 2.88. The topological polar surface area (TPSA) is 46.4 Å². The molecule has 1 aromatic heterocycles. The number of rotatable bonds is 6. The van der Waals surface area contributed by atoms with Crippen molar-refractivity contribution in [3.63, 3.8) is 0 Å². The molecule has 0 aliphatic rings. The van der Waals surface area contributed by atoms with Crippen molar-refractivity contribution < 1.29 is 9.84 Å². The van der Waals surface area contributed by atoms with Gasteiger partial charge >= 0.3 is 0 Å². The molecule has 4 nitrogen and oxygen atoms in total. The summed E-state index contributed by atoms with van der Waals surface area (Å²) in [6.45, 7) is 0.523. The van der Waals surface area contributed by atoms with E-state index < -0.39 is 6.10 Å². The number of hydrogen-bond donors (Lipinski definition) is 2. The molecule has 2 N–H and O–H groups in total. The van der Waals surface area contributed by atoms with Crippen LogP contribution in [-0.4, -0.2) is 29.0 Å². The Kier molecular flexibility index (Phi) is 4.96. The van der Waals surface area contributed by atoms with E-state index in [-0.39, 0.29) is 6.61 Å². The third-order valence-corrected chi connectivity index (χ3v) is 2.97. The van der Waals surface area contributed by atoms with Crippen LogP contribution in [0.3, 0.4) is 0 Å². The van der Waals surface area contributed by atoms with Crippen molar-refractivity contribution >= 4 is 23.2 Å². The molecular formula is C13H14Cl2N2O2. The van der Waals surface area contributed by atoms with Gasteiger partial charge in [-0.05, 0) is 30.3 Å². The lowest BCUT2D eigenvalue weighted by Crippen LogP contribution is -2.30. The van der Waals surface area contributed by atoms with Gasteiger partial charge in [-0.25, -0.2) is 0 Å². The van der Waals surface area contributed by atoms with Gasteiger partial charge in [-0.2, -0.15) is 0 Å². The monoisotopic (exact) mass is 300 g/mol. The van der Waals surface area contributed by atoms with E-state index in [0.29, 0.717) is 22.3 Å². The third kappa shape index (κ3) is 4.35. The molecule has 0 fully saturated rings. The highest BCUT2D eigenvalue weighted by molar-refractivity contribution is 6.35. The number of nitrogens with zero attached hydrogens (tertiary/aromatic N) is 1. The lowest BCUT2D eigenvalue weighted by atomic mass is 10.3. The van der Waals surface area contributed by atoms with E-state index in [1.807, 2.05) is 24.5 Å². The first-order valence-electron chi connectivity index (χ1n) is 5.78. The summed E-state index contributed by atoms with van der Waals surface area (Å²) in [5, 5.41) is 10.8. The highest BCUT2D eigenvalue weighted by Gasteiger charge is 2.07. The molecule has 0 aliphatic heterocycles. The first kappa shape index (κ1) is 14.1. The summed E-state index contributed by atoms with van der Waals surface area (Å²) < 4.78 is 7.20. The summed E-state index contributed by atoms with van der Waals surface area (Å²) in [6.07, 6.45) is 3.06. The molecule has 0 bridgehead atoms. The molecule has 0 amide bonds. The first-order valence-corrected chi connectivity index (χ1v) is 6.53. The Morgan fingerprint density at radius 1 is 1.26 bits per heavy atom. The second kappa shape index (κ2) is 6.70. The predicted octanol–water partition coefficient (Wildman–Crippen LogP) is 2.78. The lowest BCUT2D eigenvalue weighted by Gasteiger charge is -2.15. The van der Waals surface area contributed by atoms with Gasteiger partial charge in [0, 0.05) is 17.4 Å². The van der Waals surface area contributed by atoms with Crippen LogP contribution < -0.4 is 10.2 Å². The predicted molar refractivity (Wildman–Crippen MR) is 76.6 cm³/mol. The van der Waals surface area contributed by atoms with Gasteiger partial charge in [0.25, 0.3) is 0 Å². The summed E-state index contributed by atoms with van der Waals surface area (Å²) in [6, 6.07) is 8.75. The van der Waals surface area contributed by atoms with E-state index in [1.54, 1.807) is 22.9 Å². The van der Waals surface area contributed by atoms with Gasteiger partial charge in [0.05, 0.1) is 11.6 Å². The van der Waals surface area contributed by atoms with Crippen molar-refractivity contribution in [3.8, 4) is 5.75 Å². The van der Waals surface area contributed by atoms with Crippen molar-refractivity contribution in [3.05, 3.63) is 52.8 Å². The second-order valence-electron chi connectivity index (χ2n) is 3.99. The van der Waals surface area contributed by atoms with Gasteiger partial charge < -0.3 is 15.3 Å². The van der Waals surface area contributed by atoms with Crippen molar-refractivity contribution in [2.45, 2.75) is 6.10 Å². The van der Waals surface area contributed by atoms with Crippen molar-refractivity contribution in [2.75, 3.05) is 18.6 Å². The molecule has 102 valence electrons. The lowest BCUT2D eigenvalue weighted by molar-refractivity contribution is 0.115. The first-order chi connectivity index (χ1) is 9.15. The van der Waals surface area contributed by atoms with E-state index in [4.69, 9.17) is 27.9 Å². The molecule has 0 spiro atoms.